The normalized spacial score (nSPS) is 12.1. The number of hydrogen-bond acceptors (Lipinski definition) is 8. The largest absolute Gasteiger partial charge is 0.437 e. The summed E-state index contributed by atoms with van der Waals surface area (Å²) in [5.41, 5.74) is 1.88. The zero-order valence-electron chi connectivity index (χ0n) is 16.2. The van der Waals surface area contributed by atoms with Crippen LogP contribution in [0.1, 0.15) is 11.1 Å². The Morgan fingerprint density at radius 1 is 0.467 bits per heavy atom. The maximum Gasteiger partial charge on any atom is 0.241 e. The van der Waals surface area contributed by atoms with Crippen LogP contribution in [0.25, 0.3) is 0 Å². The van der Waals surface area contributed by atoms with Crippen LogP contribution in [0, 0.1) is 13.8 Å². The summed E-state index contributed by atoms with van der Waals surface area (Å²) in [4.78, 5) is 17.1. The van der Waals surface area contributed by atoms with Crippen LogP contribution in [0.2, 0.25) is 0 Å². The molecule has 0 atom stereocenters. The summed E-state index contributed by atoms with van der Waals surface area (Å²) in [7, 11) is 0. The Labute approximate surface area is 172 Å². The van der Waals surface area contributed by atoms with E-state index < -0.39 is 0 Å². The van der Waals surface area contributed by atoms with E-state index in [0.29, 0.717) is 46.5 Å². The highest BCUT2D eigenvalue weighted by Gasteiger charge is 2.11. The number of rotatable bonds is 0. The Morgan fingerprint density at radius 3 is 1.07 bits per heavy atom. The van der Waals surface area contributed by atoms with Crippen LogP contribution in [0.4, 0.5) is 0 Å². The first kappa shape index (κ1) is 17.9. The molecule has 8 nitrogen and oxygen atoms in total. The second-order valence-corrected chi connectivity index (χ2v) is 6.76. The molecule has 8 bridgehead atoms. The van der Waals surface area contributed by atoms with E-state index >= 15 is 0 Å². The van der Waals surface area contributed by atoms with Gasteiger partial charge in [-0.3, -0.25) is 9.97 Å². The third kappa shape index (κ3) is 3.97. The molecule has 2 aromatic heterocycles. The fourth-order valence-corrected chi connectivity index (χ4v) is 3.01. The number of fused-ring (bicyclic) bond motifs is 8. The quantitative estimate of drug-likeness (QED) is 0.343. The molecule has 0 unspecified atom stereocenters. The van der Waals surface area contributed by atoms with Gasteiger partial charge in [0.15, 0.2) is 0 Å². The number of ether oxygens (including phenoxy) is 4. The van der Waals surface area contributed by atoms with Crippen molar-refractivity contribution in [2.24, 2.45) is 0 Å². The minimum atomic E-state index is 0.294. The fraction of sp³-hybridized carbons (Fsp3) is 0.0909. The van der Waals surface area contributed by atoms with Gasteiger partial charge in [-0.05, 0) is 49.2 Å². The molecule has 0 N–H and O–H groups in total. The van der Waals surface area contributed by atoms with Crippen LogP contribution in [0.15, 0.2) is 61.2 Å². The Hall–Kier alpha value is -4.20. The predicted molar refractivity (Wildman–Crippen MR) is 107 cm³/mol. The van der Waals surface area contributed by atoms with Crippen molar-refractivity contribution in [2.75, 3.05) is 0 Å². The summed E-state index contributed by atoms with van der Waals surface area (Å²) in [5, 5.41) is 0. The Bertz CT molecular complexity index is 1070. The van der Waals surface area contributed by atoms with Crippen molar-refractivity contribution < 1.29 is 18.9 Å². The van der Waals surface area contributed by atoms with Gasteiger partial charge in [0.1, 0.15) is 23.0 Å². The summed E-state index contributed by atoms with van der Waals surface area (Å²) in [5.74, 6) is 3.35. The molecule has 8 heteroatoms. The summed E-state index contributed by atoms with van der Waals surface area (Å²) in [6.45, 7) is 3.87. The fourth-order valence-electron chi connectivity index (χ4n) is 3.01. The van der Waals surface area contributed by atoms with Crippen molar-refractivity contribution in [1.82, 2.24) is 19.9 Å². The minimum absolute atomic E-state index is 0.294. The van der Waals surface area contributed by atoms with Crippen molar-refractivity contribution in [2.45, 2.75) is 13.8 Å². The lowest BCUT2D eigenvalue weighted by Gasteiger charge is -2.13. The number of hydrogen-bond donors (Lipinski definition) is 0. The monoisotopic (exact) mass is 400 g/mol. The summed E-state index contributed by atoms with van der Waals surface area (Å²) < 4.78 is 23.5. The molecule has 0 aliphatic carbocycles. The van der Waals surface area contributed by atoms with Crippen molar-refractivity contribution in [3.63, 3.8) is 0 Å². The lowest BCUT2D eigenvalue weighted by Crippen LogP contribution is -1.97. The molecule has 3 heterocycles. The second kappa shape index (κ2) is 7.32. The molecule has 1 aliphatic rings. The van der Waals surface area contributed by atoms with E-state index in [-0.39, 0.29) is 0 Å². The Morgan fingerprint density at radius 2 is 0.767 bits per heavy atom. The van der Waals surface area contributed by atoms with E-state index in [1.807, 2.05) is 38.1 Å². The van der Waals surface area contributed by atoms with Crippen LogP contribution in [-0.4, -0.2) is 19.9 Å². The van der Waals surface area contributed by atoms with Crippen LogP contribution in [0.3, 0.4) is 0 Å². The molecule has 0 saturated carbocycles. The van der Waals surface area contributed by atoms with Crippen LogP contribution < -0.4 is 18.9 Å². The van der Waals surface area contributed by atoms with Gasteiger partial charge in [0, 0.05) is 12.1 Å². The lowest BCUT2D eigenvalue weighted by molar-refractivity contribution is 0.402. The predicted octanol–water partition coefficient (Wildman–Crippen LogP) is 5.37. The van der Waals surface area contributed by atoms with Crippen molar-refractivity contribution in [3.05, 3.63) is 72.3 Å². The molecule has 0 fully saturated rings. The van der Waals surface area contributed by atoms with E-state index in [1.54, 1.807) is 12.1 Å². The molecule has 30 heavy (non-hydrogen) atoms. The van der Waals surface area contributed by atoms with Gasteiger partial charge in [-0.25, -0.2) is 0 Å². The molecule has 1 aliphatic heterocycles. The van der Waals surface area contributed by atoms with Gasteiger partial charge in [0.25, 0.3) is 0 Å². The van der Waals surface area contributed by atoms with Crippen molar-refractivity contribution in [3.8, 4) is 46.5 Å². The Balaban J connectivity index is 1.63. The van der Waals surface area contributed by atoms with Gasteiger partial charge >= 0.3 is 0 Å². The molecule has 2 aromatic carbocycles. The van der Waals surface area contributed by atoms with Gasteiger partial charge in [-0.15, -0.1) is 0 Å². The van der Waals surface area contributed by atoms with Crippen molar-refractivity contribution >= 4 is 0 Å². The smallest absolute Gasteiger partial charge is 0.241 e. The molecular formula is C22H16N4O4. The van der Waals surface area contributed by atoms with Gasteiger partial charge in [0.05, 0.1) is 24.8 Å². The number of benzene rings is 2. The van der Waals surface area contributed by atoms with Gasteiger partial charge < -0.3 is 18.9 Å². The first-order valence-electron chi connectivity index (χ1n) is 9.18. The highest BCUT2D eigenvalue weighted by Crippen LogP contribution is 2.33. The zero-order chi connectivity index (χ0) is 20.5. The van der Waals surface area contributed by atoms with E-state index in [1.165, 1.54) is 24.8 Å². The molecule has 0 saturated heterocycles. The van der Waals surface area contributed by atoms with Crippen LogP contribution >= 0.6 is 0 Å². The number of aryl methyl sites for hydroxylation is 2. The molecule has 5 rings (SSSR count). The van der Waals surface area contributed by atoms with Crippen LogP contribution in [-0.2, 0) is 0 Å². The summed E-state index contributed by atoms with van der Waals surface area (Å²) in [6, 6.07) is 10.9. The van der Waals surface area contributed by atoms with E-state index in [0.717, 1.165) is 11.1 Å². The number of nitrogens with zero attached hydrogens (tertiary/aromatic N) is 4. The maximum absolute atomic E-state index is 5.88. The lowest BCUT2D eigenvalue weighted by atomic mass is 10.2. The highest BCUT2D eigenvalue weighted by atomic mass is 16.5. The highest BCUT2D eigenvalue weighted by molar-refractivity contribution is 5.43. The van der Waals surface area contributed by atoms with E-state index in [9.17, 15) is 0 Å². The third-order valence-corrected chi connectivity index (χ3v) is 4.12. The molecule has 4 aromatic rings. The molecular weight excluding hydrogens is 384 g/mol. The van der Waals surface area contributed by atoms with Gasteiger partial charge in [-0.2, -0.15) is 9.97 Å². The first-order chi connectivity index (χ1) is 14.6. The molecule has 148 valence electrons. The van der Waals surface area contributed by atoms with E-state index in [4.69, 9.17) is 18.9 Å². The van der Waals surface area contributed by atoms with Crippen molar-refractivity contribution in [1.29, 1.82) is 0 Å². The van der Waals surface area contributed by atoms with E-state index in [2.05, 4.69) is 19.9 Å². The van der Waals surface area contributed by atoms with Crippen LogP contribution in [0.5, 0.6) is 46.5 Å². The average molecular weight is 400 g/mol. The first-order valence-corrected chi connectivity index (χ1v) is 9.18. The Kier molecular flexibility index (Phi) is 4.36. The number of aromatic nitrogens is 4. The third-order valence-electron chi connectivity index (χ3n) is 4.12. The van der Waals surface area contributed by atoms with Gasteiger partial charge in [-0.1, -0.05) is 0 Å². The zero-order valence-corrected chi connectivity index (χ0v) is 16.2. The SMILES string of the molecule is Cc1cc2cc(c1)Oc1cncc(n1)Oc1cc(C)cc(c1)Oc1cncc(n1)O2. The van der Waals surface area contributed by atoms with Gasteiger partial charge in [0.2, 0.25) is 23.5 Å². The molecule has 0 amide bonds. The topological polar surface area (TPSA) is 88.5 Å². The molecule has 0 radical (unpaired) electrons. The maximum atomic E-state index is 5.88. The summed E-state index contributed by atoms with van der Waals surface area (Å²) >= 11 is 0. The second-order valence-electron chi connectivity index (χ2n) is 6.76. The minimum Gasteiger partial charge on any atom is -0.437 e. The molecule has 0 spiro atoms. The summed E-state index contributed by atoms with van der Waals surface area (Å²) in [6.07, 6.45) is 6.05. The average Bonchev–Trinajstić information content (AvgIpc) is 2.67. The standard InChI is InChI=1S/C22H16N4O4/c1-13-3-15-7-16(4-13)28-20-10-24-12-22(26-20)30-18-6-14(2)5-17(8-18)29-21-11-23-9-19(25-21)27-15/h3-12H,1-2H3.